The second-order valence-electron chi connectivity index (χ2n) is 8.04. The van der Waals surface area contributed by atoms with Gasteiger partial charge >= 0.3 is 0 Å². The summed E-state index contributed by atoms with van der Waals surface area (Å²) in [4.78, 5) is 26.1. The first-order valence-electron chi connectivity index (χ1n) is 10.7. The zero-order chi connectivity index (χ0) is 22.7. The predicted octanol–water partition coefficient (Wildman–Crippen LogP) is 3.73. The Kier molecular flexibility index (Phi) is 6.60. The number of carbonyl (C=O) groups excluding carboxylic acids is 2. The van der Waals surface area contributed by atoms with Crippen molar-refractivity contribution in [3.05, 3.63) is 65.0 Å². The molecule has 0 saturated carbocycles. The molecule has 0 bridgehead atoms. The van der Waals surface area contributed by atoms with Gasteiger partial charge < -0.3 is 10.2 Å². The van der Waals surface area contributed by atoms with E-state index in [0.717, 1.165) is 46.9 Å². The highest BCUT2D eigenvalue weighted by Crippen LogP contribution is 2.25. The van der Waals surface area contributed by atoms with Crippen molar-refractivity contribution in [2.24, 2.45) is 0 Å². The average molecular weight is 450 g/mol. The quantitative estimate of drug-likeness (QED) is 0.556. The van der Waals surface area contributed by atoms with E-state index in [9.17, 15) is 9.59 Å². The molecule has 1 aliphatic rings. The fourth-order valence-corrected chi connectivity index (χ4v) is 4.59. The zero-order valence-corrected chi connectivity index (χ0v) is 19.4. The Morgan fingerprint density at radius 2 is 1.88 bits per heavy atom. The Balaban J connectivity index is 1.34. The summed E-state index contributed by atoms with van der Waals surface area (Å²) in [5, 5.41) is 12.1. The highest BCUT2D eigenvalue weighted by atomic mass is 32.2. The van der Waals surface area contributed by atoms with Gasteiger partial charge in [0.1, 0.15) is 5.82 Å². The molecule has 3 aromatic rings. The van der Waals surface area contributed by atoms with E-state index < -0.39 is 0 Å². The predicted molar refractivity (Wildman–Crippen MR) is 126 cm³/mol. The molecule has 166 valence electrons. The minimum atomic E-state index is -0.0676. The summed E-state index contributed by atoms with van der Waals surface area (Å²) in [6.45, 7) is 7.24. The van der Waals surface area contributed by atoms with E-state index in [1.54, 1.807) is 0 Å². The molecule has 0 aliphatic carbocycles. The van der Waals surface area contributed by atoms with Crippen molar-refractivity contribution in [1.82, 2.24) is 20.1 Å². The van der Waals surface area contributed by atoms with Gasteiger partial charge in [-0.3, -0.25) is 14.2 Å². The van der Waals surface area contributed by atoms with Gasteiger partial charge in [0.25, 0.3) is 0 Å². The van der Waals surface area contributed by atoms with Gasteiger partial charge in [-0.05, 0) is 62.1 Å². The maximum Gasteiger partial charge on any atom is 0.230 e. The number of nitrogens with one attached hydrogen (secondary N) is 1. The summed E-state index contributed by atoms with van der Waals surface area (Å²) in [5.41, 5.74) is 5.23. The lowest BCUT2D eigenvalue weighted by molar-refractivity contribution is -0.119. The summed E-state index contributed by atoms with van der Waals surface area (Å²) >= 11 is 1.37. The van der Waals surface area contributed by atoms with E-state index in [1.165, 1.54) is 11.8 Å². The third-order valence-electron chi connectivity index (χ3n) is 5.54. The Morgan fingerprint density at radius 3 is 2.59 bits per heavy atom. The fourth-order valence-electron chi connectivity index (χ4n) is 3.77. The van der Waals surface area contributed by atoms with Gasteiger partial charge in [0.05, 0.1) is 11.4 Å². The standard InChI is InChI=1S/C24H27N5O2S/c1-16-6-7-17(2)21(13-16)29-18(3)26-27-24(29)32-15-22(30)25-14-19-8-10-20(11-9-19)28-12-4-5-23(28)31/h6-11,13H,4-5,12,14-15H2,1-3H3,(H,25,30). The fraction of sp³-hybridized carbons (Fsp3) is 0.333. The van der Waals surface area contributed by atoms with E-state index in [1.807, 2.05) is 40.7 Å². The van der Waals surface area contributed by atoms with Gasteiger partial charge in [-0.2, -0.15) is 0 Å². The molecule has 8 heteroatoms. The van der Waals surface area contributed by atoms with Crippen LogP contribution in [-0.2, 0) is 16.1 Å². The third kappa shape index (κ3) is 4.85. The normalized spacial score (nSPS) is 13.6. The average Bonchev–Trinajstić information content (AvgIpc) is 3.38. The van der Waals surface area contributed by atoms with Gasteiger partial charge in [0, 0.05) is 25.2 Å². The molecule has 0 radical (unpaired) electrons. The zero-order valence-electron chi connectivity index (χ0n) is 18.6. The molecule has 7 nitrogen and oxygen atoms in total. The van der Waals surface area contributed by atoms with Crippen LogP contribution in [0.4, 0.5) is 5.69 Å². The van der Waals surface area contributed by atoms with Gasteiger partial charge in [-0.1, -0.05) is 36.0 Å². The lowest BCUT2D eigenvalue weighted by Gasteiger charge is -2.16. The van der Waals surface area contributed by atoms with Crippen molar-refractivity contribution in [2.45, 2.75) is 45.3 Å². The number of rotatable bonds is 7. The number of benzene rings is 2. The van der Waals surface area contributed by atoms with Crippen LogP contribution in [0.2, 0.25) is 0 Å². The van der Waals surface area contributed by atoms with Crippen LogP contribution in [-0.4, -0.2) is 38.9 Å². The SMILES string of the molecule is Cc1ccc(C)c(-n2c(C)nnc2SCC(=O)NCc2ccc(N3CCCC3=O)cc2)c1. The highest BCUT2D eigenvalue weighted by molar-refractivity contribution is 7.99. The molecular formula is C24H27N5O2S. The highest BCUT2D eigenvalue weighted by Gasteiger charge is 2.21. The van der Waals surface area contributed by atoms with Crippen molar-refractivity contribution >= 4 is 29.3 Å². The van der Waals surface area contributed by atoms with E-state index >= 15 is 0 Å². The maximum absolute atomic E-state index is 12.4. The molecule has 1 aromatic heterocycles. The first-order valence-corrected chi connectivity index (χ1v) is 11.7. The van der Waals surface area contributed by atoms with E-state index in [2.05, 4.69) is 47.6 Å². The molecule has 4 rings (SSSR count). The summed E-state index contributed by atoms with van der Waals surface area (Å²) in [6, 6.07) is 14.0. The minimum Gasteiger partial charge on any atom is -0.351 e. The Bertz CT molecular complexity index is 1140. The lowest BCUT2D eigenvalue weighted by atomic mass is 10.1. The van der Waals surface area contributed by atoms with Crippen molar-refractivity contribution in [3.8, 4) is 5.69 Å². The summed E-state index contributed by atoms with van der Waals surface area (Å²) in [6.07, 6.45) is 1.53. The molecule has 0 unspecified atom stereocenters. The number of thioether (sulfide) groups is 1. The molecule has 1 N–H and O–H groups in total. The number of amides is 2. The molecule has 1 fully saturated rings. The van der Waals surface area contributed by atoms with Crippen LogP contribution in [0.3, 0.4) is 0 Å². The summed E-state index contributed by atoms with van der Waals surface area (Å²) in [7, 11) is 0. The Morgan fingerprint density at radius 1 is 1.09 bits per heavy atom. The van der Waals surface area contributed by atoms with Gasteiger partial charge in [-0.25, -0.2) is 0 Å². The van der Waals surface area contributed by atoms with Gasteiger partial charge in [0.15, 0.2) is 5.16 Å². The van der Waals surface area contributed by atoms with Crippen LogP contribution in [0.1, 0.15) is 35.4 Å². The third-order valence-corrected chi connectivity index (χ3v) is 6.47. The molecule has 0 atom stereocenters. The molecule has 2 amide bonds. The molecule has 2 heterocycles. The Labute approximate surface area is 192 Å². The number of aromatic nitrogens is 3. The van der Waals surface area contributed by atoms with Crippen LogP contribution >= 0.6 is 11.8 Å². The van der Waals surface area contributed by atoms with Crippen molar-refractivity contribution < 1.29 is 9.59 Å². The first kappa shape index (κ1) is 22.1. The van der Waals surface area contributed by atoms with Gasteiger partial charge in [0.2, 0.25) is 11.8 Å². The van der Waals surface area contributed by atoms with E-state index in [4.69, 9.17) is 0 Å². The van der Waals surface area contributed by atoms with Crippen LogP contribution in [0.5, 0.6) is 0 Å². The number of nitrogens with zero attached hydrogens (tertiary/aromatic N) is 4. The number of anilines is 1. The van der Waals surface area contributed by atoms with Crippen molar-refractivity contribution in [3.63, 3.8) is 0 Å². The van der Waals surface area contributed by atoms with Crippen molar-refractivity contribution in [2.75, 3.05) is 17.2 Å². The minimum absolute atomic E-state index is 0.0676. The second kappa shape index (κ2) is 9.56. The summed E-state index contributed by atoms with van der Waals surface area (Å²) < 4.78 is 2.00. The van der Waals surface area contributed by atoms with Crippen LogP contribution in [0.15, 0.2) is 47.6 Å². The van der Waals surface area contributed by atoms with E-state index in [-0.39, 0.29) is 17.6 Å². The molecular weight excluding hydrogens is 422 g/mol. The van der Waals surface area contributed by atoms with Crippen LogP contribution in [0.25, 0.3) is 5.69 Å². The number of carbonyl (C=O) groups is 2. The smallest absolute Gasteiger partial charge is 0.230 e. The molecule has 1 saturated heterocycles. The monoisotopic (exact) mass is 449 g/mol. The molecule has 1 aliphatic heterocycles. The van der Waals surface area contributed by atoms with Crippen LogP contribution < -0.4 is 10.2 Å². The topological polar surface area (TPSA) is 80.1 Å². The second-order valence-corrected chi connectivity index (χ2v) is 8.98. The summed E-state index contributed by atoms with van der Waals surface area (Å²) in [5.74, 6) is 1.15. The molecule has 32 heavy (non-hydrogen) atoms. The van der Waals surface area contributed by atoms with Gasteiger partial charge in [-0.15, -0.1) is 10.2 Å². The first-order chi connectivity index (χ1) is 15.4. The maximum atomic E-state index is 12.4. The number of hydrogen-bond donors (Lipinski definition) is 1. The van der Waals surface area contributed by atoms with Crippen LogP contribution in [0, 0.1) is 20.8 Å². The largest absolute Gasteiger partial charge is 0.351 e. The number of aryl methyl sites for hydroxylation is 3. The molecule has 2 aromatic carbocycles. The lowest BCUT2D eigenvalue weighted by Crippen LogP contribution is -2.25. The number of hydrogen-bond acceptors (Lipinski definition) is 5. The van der Waals surface area contributed by atoms with Crippen molar-refractivity contribution in [1.29, 1.82) is 0 Å². The molecule has 0 spiro atoms. The van der Waals surface area contributed by atoms with E-state index in [0.29, 0.717) is 18.1 Å². The Hall–Kier alpha value is -3.13.